The van der Waals surface area contributed by atoms with Gasteiger partial charge in [0.15, 0.2) is 0 Å². The Labute approximate surface area is 202 Å². The van der Waals surface area contributed by atoms with Crippen molar-refractivity contribution in [2.45, 2.75) is 18.7 Å². The average Bonchev–Trinajstić information content (AvgIpc) is 3.24. The summed E-state index contributed by atoms with van der Waals surface area (Å²) in [6.07, 6.45) is 0. The molecule has 5 rings (SSSR count). The SMILES string of the molecule is Cc1ccc(-c2cc(C(=O)N3CCN(S(=O)(=O)c4cccc(F)c4)CC3)c3c(C)noc3n2)cc1. The van der Waals surface area contributed by atoms with Crippen molar-refractivity contribution >= 4 is 27.0 Å². The van der Waals surface area contributed by atoms with Gasteiger partial charge in [0, 0.05) is 31.7 Å². The molecular weight excluding hydrogens is 471 g/mol. The molecule has 4 aromatic rings. The fraction of sp³-hybridized carbons (Fsp3) is 0.240. The Morgan fingerprint density at radius 2 is 1.71 bits per heavy atom. The normalized spacial score (nSPS) is 15.0. The van der Waals surface area contributed by atoms with Crippen LogP contribution < -0.4 is 0 Å². The van der Waals surface area contributed by atoms with Crippen LogP contribution in [0.2, 0.25) is 0 Å². The Morgan fingerprint density at radius 1 is 1.00 bits per heavy atom. The van der Waals surface area contributed by atoms with Crippen molar-refractivity contribution in [2.75, 3.05) is 26.2 Å². The Balaban J connectivity index is 1.42. The highest BCUT2D eigenvalue weighted by Gasteiger charge is 2.32. The largest absolute Gasteiger partial charge is 0.336 e. The Morgan fingerprint density at radius 3 is 2.40 bits per heavy atom. The van der Waals surface area contributed by atoms with Crippen molar-refractivity contribution in [1.29, 1.82) is 0 Å². The van der Waals surface area contributed by atoms with E-state index in [0.29, 0.717) is 22.3 Å². The van der Waals surface area contributed by atoms with Crippen molar-refractivity contribution in [2.24, 2.45) is 0 Å². The number of benzene rings is 2. The minimum atomic E-state index is -3.86. The Bertz CT molecular complexity index is 1530. The van der Waals surface area contributed by atoms with Gasteiger partial charge in [0.1, 0.15) is 5.82 Å². The van der Waals surface area contributed by atoms with E-state index in [1.165, 1.54) is 22.5 Å². The minimum absolute atomic E-state index is 0.101. The maximum atomic E-state index is 13.6. The molecule has 1 aliphatic rings. The van der Waals surface area contributed by atoms with Crippen molar-refractivity contribution in [3.63, 3.8) is 0 Å². The number of amides is 1. The number of fused-ring (bicyclic) bond motifs is 1. The second kappa shape index (κ2) is 8.86. The third-order valence-corrected chi connectivity index (χ3v) is 8.05. The first-order chi connectivity index (χ1) is 16.7. The molecule has 0 unspecified atom stereocenters. The zero-order valence-electron chi connectivity index (χ0n) is 19.2. The van der Waals surface area contributed by atoms with Crippen molar-refractivity contribution < 1.29 is 22.1 Å². The summed E-state index contributed by atoms with van der Waals surface area (Å²) in [4.78, 5) is 19.6. The molecule has 3 heterocycles. The highest BCUT2D eigenvalue weighted by atomic mass is 32.2. The first kappa shape index (κ1) is 23.1. The van der Waals surface area contributed by atoms with Gasteiger partial charge < -0.3 is 9.42 Å². The van der Waals surface area contributed by atoms with Crippen LogP contribution in [0.3, 0.4) is 0 Å². The van der Waals surface area contributed by atoms with Gasteiger partial charge in [-0.05, 0) is 38.1 Å². The number of sulfonamides is 1. The van der Waals surface area contributed by atoms with Crippen LogP contribution in [0.4, 0.5) is 4.39 Å². The minimum Gasteiger partial charge on any atom is -0.336 e. The number of hydrogen-bond acceptors (Lipinski definition) is 6. The molecule has 1 aliphatic heterocycles. The first-order valence-electron chi connectivity index (χ1n) is 11.1. The number of halogens is 1. The van der Waals surface area contributed by atoms with Gasteiger partial charge in [-0.25, -0.2) is 17.8 Å². The molecule has 1 amide bonds. The van der Waals surface area contributed by atoms with Crippen LogP contribution >= 0.6 is 0 Å². The number of carbonyl (C=O) groups excluding carboxylic acids is 1. The lowest BCUT2D eigenvalue weighted by molar-refractivity contribution is 0.0699. The summed E-state index contributed by atoms with van der Waals surface area (Å²) >= 11 is 0. The van der Waals surface area contributed by atoms with Gasteiger partial charge in [-0.1, -0.05) is 41.1 Å². The fourth-order valence-electron chi connectivity index (χ4n) is 4.21. The number of hydrogen-bond donors (Lipinski definition) is 0. The molecule has 0 N–H and O–H groups in total. The van der Waals surface area contributed by atoms with Gasteiger partial charge >= 0.3 is 0 Å². The molecule has 1 saturated heterocycles. The van der Waals surface area contributed by atoms with Gasteiger partial charge in [0.2, 0.25) is 10.0 Å². The summed E-state index contributed by atoms with van der Waals surface area (Å²) in [5.74, 6) is -0.866. The Kier molecular flexibility index (Phi) is 5.86. The van der Waals surface area contributed by atoms with E-state index in [-0.39, 0.29) is 42.7 Å². The summed E-state index contributed by atoms with van der Waals surface area (Å²) in [5.41, 5.74) is 3.77. The van der Waals surface area contributed by atoms with Crippen LogP contribution in [0.15, 0.2) is 64.0 Å². The molecule has 0 spiro atoms. The number of piperazine rings is 1. The van der Waals surface area contributed by atoms with Gasteiger partial charge in [-0.15, -0.1) is 0 Å². The first-order valence-corrected chi connectivity index (χ1v) is 12.6. The molecule has 180 valence electrons. The fourth-order valence-corrected chi connectivity index (χ4v) is 5.67. The predicted molar refractivity (Wildman–Crippen MR) is 128 cm³/mol. The van der Waals surface area contributed by atoms with E-state index in [9.17, 15) is 17.6 Å². The molecule has 0 atom stereocenters. The van der Waals surface area contributed by atoms with E-state index < -0.39 is 15.8 Å². The summed E-state index contributed by atoms with van der Waals surface area (Å²) in [6, 6.07) is 14.4. The van der Waals surface area contributed by atoms with Crippen LogP contribution in [-0.4, -0.2) is 59.8 Å². The van der Waals surface area contributed by atoms with Crippen molar-refractivity contribution in [3.05, 3.63) is 77.2 Å². The topological polar surface area (TPSA) is 96.6 Å². The van der Waals surface area contributed by atoms with Crippen molar-refractivity contribution in [1.82, 2.24) is 19.3 Å². The molecule has 8 nitrogen and oxygen atoms in total. The number of aryl methyl sites for hydroxylation is 2. The molecule has 35 heavy (non-hydrogen) atoms. The maximum absolute atomic E-state index is 13.6. The molecule has 0 bridgehead atoms. The summed E-state index contributed by atoms with van der Waals surface area (Å²) in [7, 11) is -3.86. The molecule has 10 heteroatoms. The van der Waals surface area contributed by atoms with E-state index in [4.69, 9.17) is 4.52 Å². The summed E-state index contributed by atoms with van der Waals surface area (Å²) in [6.45, 7) is 4.34. The lowest BCUT2D eigenvalue weighted by Crippen LogP contribution is -2.50. The van der Waals surface area contributed by atoms with Crippen LogP contribution in [-0.2, 0) is 10.0 Å². The third-order valence-electron chi connectivity index (χ3n) is 6.15. The second-order valence-electron chi connectivity index (χ2n) is 8.52. The highest BCUT2D eigenvalue weighted by Crippen LogP contribution is 2.29. The number of aromatic nitrogens is 2. The van der Waals surface area contributed by atoms with Crippen LogP contribution in [0.25, 0.3) is 22.4 Å². The van der Waals surface area contributed by atoms with Gasteiger partial charge in [-0.2, -0.15) is 4.31 Å². The van der Waals surface area contributed by atoms with E-state index in [0.717, 1.165) is 17.2 Å². The summed E-state index contributed by atoms with van der Waals surface area (Å²) in [5, 5.41) is 4.53. The van der Waals surface area contributed by atoms with E-state index in [1.54, 1.807) is 17.9 Å². The van der Waals surface area contributed by atoms with Crippen LogP contribution in [0.5, 0.6) is 0 Å². The molecule has 0 saturated carbocycles. The average molecular weight is 495 g/mol. The molecule has 1 fully saturated rings. The lowest BCUT2D eigenvalue weighted by Gasteiger charge is -2.34. The number of rotatable bonds is 4. The third kappa shape index (κ3) is 4.30. The molecule has 2 aromatic carbocycles. The van der Waals surface area contributed by atoms with Crippen molar-refractivity contribution in [3.8, 4) is 11.3 Å². The Hall–Kier alpha value is -3.63. The highest BCUT2D eigenvalue weighted by molar-refractivity contribution is 7.89. The van der Waals surface area contributed by atoms with Gasteiger partial charge in [-0.3, -0.25) is 4.79 Å². The zero-order chi connectivity index (χ0) is 24.7. The lowest BCUT2D eigenvalue weighted by atomic mass is 10.0. The van der Waals surface area contributed by atoms with Crippen LogP contribution in [0.1, 0.15) is 21.6 Å². The van der Waals surface area contributed by atoms with E-state index >= 15 is 0 Å². The van der Waals surface area contributed by atoms with E-state index in [1.807, 2.05) is 31.2 Å². The molecule has 2 aromatic heterocycles. The van der Waals surface area contributed by atoms with E-state index in [2.05, 4.69) is 10.1 Å². The number of carbonyl (C=O) groups is 1. The monoisotopic (exact) mass is 494 g/mol. The predicted octanol–water partition coefficient (Wildman–Crippen LogP) is 3.79. The molecule has 0 radical (unpaired) electrons. The smallest absolute Gasteiger partial charge is 0.259 e. The number of nitrogens with zero attached hydrogens (tertiary/aromatic N) is 4. The maximum Gasteiger partial charge on any atom is 0.259 e. The molecule has 0 aliphatic carbocycles. The standard InChI is InChI=1S/C25H23FN4O4S/c1-16-6-8-18(9-7-16)22-15-21(23-17(2)28-34-24(23)27-22)25(31)29-10-12-30(13-11-29)35(32,33)20-5-3-4-19(26)14-20/h3-9,14-15H,10-13H2,1-2H3. The quantitative estimate of drug-likeness (QED) is 0.428. The summed E-state index contributed by atoms with van der Waals surface area (Å²) < 4.78 is 46.1. The van der Waals surface area contributed by atoms with Gasteiger partial charge in [0.25, 0.3) is 11.6 Å². The zero-order valence-corrected chi connectivity index (χ0v) is 20.0. The van der Waals surface area contributed by atoms with Crippen LogP contribution in [0, 0.1) is 19.7 Å². The number of pyridine rings is 1. The molecular formula is C25H23FN4O4S. The second-order valence-corrected chi connectivity index (χ2v) is 10.5. The van der Waals surface area contributed by atoms with Gasteiger partial charge in [0.05, 0.1) is 27.2 Å².